The first kappa shape index (κ1) is 13.4. The van der Waals surface area contributed by atoms with Crippen molar-refractivity contribution < 1.29 is 18.0 Å². The lowest BCUT2D eigenvalue weighted by atomic mass is 9.48. The molecular weight excluding hydrogens is 277 g/mol. The Morgan fingerprint density at radius 3 is 1.86 bits per heavy atom. The first-order valence-electron chi connectivity index (χ1n) is 7.66. The van der Waals surface area contributed by atoms with Crippen molar-refractivity contribution >= 4 is 5.78 Å². The summed E-state index contributed by atoms with van der Waals surface area (Å²) in [5.41, 5.74) is -0.796. The van der Waals surface area contributed by atoms with Gasteiger partial charge in [0.2, 0.25) is 0 Å². The van der Waals surface area contributed by atoms with Gasteiger partial charge < -0.3 is 0 Å². The number of benzene rings is 1. The molecule has 4 fully saturated rings. The van der Waals surface area contributed by atoms with Crippen LogP contribution < -0.4 is 0 Å². The third-order valence-corrected chi connectivity index (χ3v) is 5.77. The van der Waals surface area contributed by atoms with Gasteiger partial charge in [-0.15, -0.1) is 0 Å². The van der Waals surface area contributed by atoms with Crippen molar-refractivity contribution in [3.63, 3.8) is 0 Å². The minimum Gasteiger partial charge on any atom is -0.293 e. The van der Waals surface area contributed by atoms with E-state index in [1.54, 1.807) is 0 Å². The van der Waals surface area contributed by atoms with Gasteiger partial charge in [-0.05, 0) is 62.3 Å². The lowest BCUT2D eigenvalue weighted by Crippen LogP contribution is -2.50. The molecule has 5 rings (SSSR count). The Balaban J connectivity index is 1.73. The van der Waals surface area contributed by atoms with Crippen LogP contribution in [-0.4, -0.2) is 5.78 Å². The van der Waals surface area contributed by atoms with Gasteiger partial charge in [0.05, 0.1) is 5.56 Å². The summed E-state index contributed by atoms with van der Waals surface area (Å²) in [7, 11) is 0. The molecule has 4 heteroatoms. The van der Waals surface area contributed by atoms with Gasteiger partial charge >= 0.3 is 0 Å². The molecule has 0 aromatic heterocycles. The van der Waals surface area contributed by atoms with Crippen LogP contribution in [0.25, 0.3) is 0 Å². The average Bonchev–Trinajstić information content (AvgIpc) is 2.40. The third-order valence-electron chi connectivity index (χ3n) is 5.77. The fourth-order valence-corrected chi connectivity index (χ4v) is 5.37. The van der Waals surface area contributed by atoms with Gasteiger partial charge in [0, 0.05) is 11.5 Å². The zero-order valence-electron chi connectivity index (χ0n) is 11.7. The van der Waals surface area contributed by atoms with Crippen molar-refractivity contribution in [3.8, 4) is 0 Å². The molecule has 1 aromatic rings. The van der Waals surface area contributed by atoms with E-state index < -0.39 is 22.9 Å². The average molecular weight is 294 g/mol. The molecule has 4 bridgehead atoms. The van der Waals surface area contributed by atoms with Crippen LogP contribution in [0.15, 0.2) is 12.1 Å². The summed E-state index contributed by atoms with van der Waals surface area (Å²) in [6.07, 6.45) is 5.88. The molecular formula is C17H17F3O. The largest absolute Gasteiger partial charge is 0.293 e. The van der Waals surface area contributed by atoms with Gasteiger partial charge in [-0.25, -0.2) is 13.2 Å². The summed E-state index contributed by atoms with van der Waals surface area (Å²) >= 11 is 0. The molecule has 0 atom stereocenters. The molecule has 0 aliphatic heterocycles. The molecule has 1 aromatic carbocycles. The third kappa shape index (κ3) is 1.95. The van der Waals surface area contributed by atoms with E-state index >= 15 is 0 Å². The molecule has 4 saturated carbocycles. The van der Waals surface area contributed by atoms with Crippen LogP contribution >= 0.6 is 0 Å². The zero-order chi connectivity index (χ0) is 14.8. The first-order chi connectivity index (χ1) is 9.97. The van der Waals surface area contributed by atoms with E-state index in [-0.39, 0.29) is 11.3 Å². The number of rotatable bonds is 2. The molecule has 0 saturated heterocycles. The highest BCUT2D eigenvalue weighted by Crippen LogP contribution is 2.61. The summed E-state index contributed by atoms with van der Waals surface area (Å²) in [6.45, 7) is 0. The van der Waals surface area contributed by atoms with Crippen LogP contribution in [-0.2, 0) is 0 Å². The Bertz CT molecular complexity index is 587. The van der Waals surface area contributed by atoms with Crippen LogP contribution in [0.3, 0.4) is 0 Å². The quantitative estimate of drug-likeness (QED) is 0.579. The predicted molar refractivity (Wildman–Crippen MR) is 71.3 cm³/mol. The second kappa shape index (κ2) is 4.34. The van der Waals surface area contributed by atoms with E-state index in [4.69, 9.17) is 0 Å². The molecule has 112 valence electrons. The van der Waals surface area contributed by atoms with Crippen LogP contribution in [0.5, 0.6) is 0 Å². The molecule has 0 radical (unpaired) electrons. The van der Waals surface area contributed by atoms with Crippen molar-refractivity contribution in [3.05, 3.63) is 35.1 Å². The molecule has 1 nitrogen and oxygen atoms in total. The summed E-state index contributed by atoms with van der Waals surface area (Å²) < 4.78 is 40.4. The Labute approximate surface area is 121 Å². The smallest absolute Gasteiger partial charge is 0.172 e. The SMILES string of the molecule is O=C(c1cc(F)c(F)cc1F)C12CC3CC(CC(C3)C1)C2. The van der Waals surface area contributed by atoms with Crippen molar-refractivity contribution in [2.75, 3.05) is 0 Å². The molecule has 0 amide bonds. The van der Waals surface area contributed by atoms with Crippen molar-refractivity contribution in [1.29, 1.82) is 0 Å². The van der Waals surface area contributed by atoms with Gasteiger partial charge in [0.15, 0.2) is 17.4 Å². The fraction of sp³-hybridized carbons (Fsp3) is 0.588. The molecule has 0 spiro atoms. The zero-order valence-corrected chi connectivity index (χ0v) is 11.7. The Morgan fingerprint density at radius 2 is 1.33 bits per heavy atom. The van der Waals surface area contributed by atoms with Gasteiger partial charge in [-0.3, -0.25) is 4.79 Å². The molecule has 0 N–H and O–H groups in total. The molecule has 4 aliphatic rings. The number of Topliss-reactive ketones (excluding diaryl/α,β-unsaturated/α-hetero) is 1. The van der Waals surface area contributed by atoms with Crippen molar-refractivity contribution in [1.82, 2.24) is 0 Å². The Kier molecular flexibility index (Phi) is 2.76. The Morgan fingerprint density at radius 1 is 0.857 bits per heavy atom. The maximum absolute atomic E-state index is 13.9. The molecule has 4 aliphatic carbocycles. The van der Waals surface area contributed by atoms with Gasteiger partial charge in [-0.1, -0.05) is 0 Å². The molecule has 0 heterocycles. The van der Waals surface area contributed by atoms with E-state index in [1.807, 2.05) is 0 Å². The number of halogens is 3. The Hall–Kier alpha value is -1.32. The van der Waals surface area contributed by atoms with Crippen LogP contribution in [0, 0.1) is 40.6 Å². The van der Waals surface area contributed by atoms with Crippen molar-refractivity contribution in [2.45, 2.75) is 38.5 Å². The van der Waals surface area contributed by atoms with Gasteiger partial charge in [0.25, 0.3) is 0 Å². The van der Waals surface area contributed by atoms with Gasteiger partial charge in [0.1, 0.15) is 5.82 Å². The summed E-state index contributed by atoms with van der Waals surface area (Å²) in [6, 6.07) is 1.23. The van der Waals surface area contributed by atoms with E-state index in [9.17, 15) is 18.0 Å². The summed E-state index contributed by atoms with van der Waals surface area (Å²) in [4.78, 5) is 12.9. The van der Waals surface area contributed by atoms with E-state index in [0.29, 0.717) is 23.8 Å². The van der Waals surface area contributed by atoms with Crippen LogP contribution in [0.2, 0.25) is 0 Å². The van der Waals surface area contributed by atoms with Gasteiger partial charge in [-0.2, -0.15) is 0 Å². The highest BCUT2D eigenvalue weighted by molar-refractivity contribution is 6.01. The summed E-state index contributed by atoms with van der Waals surface area (Å²) in [5.74, 6) is -1.98. The van der Waals surface area contributed by atoms with Crippen LogP contribution in [0.1, 0.15) is 48.9 Å². The predicted octanol–water partition coefficient (Wildman–Crippen LogP) is 4.50. The molecule has 0 unspecified atom stereocenters. The fourth-order valence-electron chi connectivity index (χ4n) is 5.37. The number of hydrogen-bond acceptors (Lipinski definition) is 1. The van der Waals surface area contributed by atoms with E-state index in [0.717, 1.165) is 25.3 Å². The maximum atomic E-state index is 13.9. The second-order valence-electron chi connectivity index (χ2n) is 7.27. The van der Waals surface area contributed by atoms with E-state index in [1.165, 1.54) is 19.3 Å². The van der Waals surface area contributed by atoms with E-state index in [2.05, 4.69) is 0 Å². The normalized spacial score (nSPS) is 37.0. The topological polar surface area (TPSA) is 17.1 Å². The maximum Gasteiger partial charge on any atom is 0.172 e. The monoisotopic (exact) mass is 294 g/mol. The highest BCUT2D eigenvalue weighted by Gasteiger charge is 2.54. The second-order valence-corrected chi connectivity index (χ2v) is 7.27. The molecule has 21 heavy (non-hydrogen) atoms. The number of ketones is 1. The van der Waals surface area contributed by atoms with Crippen LogP contribution in [0.4, 0.5) is 13.2 Å². The first-order valence-corrected chi connectivity index (χ1v) is 7.66. The standard InChI is InChI=1S/C17H17F3O/c18-13-5-15(20)14(19)4-12(13)16(21)17-6-9-1-10(7-17)3-11(2-9)8-17/h4-5,9-11H,1-3,6-8H2. The minimum absolute atomic E-state index is 0.268. The summed E-state index contributed by atoms with van der Waals surface area (Å²) in [5, 5.41) is 0. The lowest BCUT2D eigenvalue weighted by molar-refractivity contribution is -0.0355. The van der Waals surface area contributed by atoms with Crippen molar-refractivity contribution in [2.24, 2.45) is 23.2 Å². The lowest BCUT2D eigenvalue weighted by Gasteiger charge is -2.55. The number of carbonyl (C=O) groups is 1. The number of carbonyl (C=O) groups excluding carboxylic acids is 1. The number of hydrogen-bond donors (Lipinski definition) is 0. The minimum atomic E-state index is -1.24. The highest BCUT2D eigenvalue weighted by atomic mass is 19.2.